The van der Waals surface area contributed by atoms with Gasteiger partial charge in [0.15, 0.2) is 0 Å². The van der Waals surface area contributed by atoms with E-state index in [-0.39, 0.29) is 11.7 Å². The third-order valence-electron chi connectivity index (χ3n) is 2.38. The number of rotatable bonds is 3. The van der Waals surface area contributed by atoms with Crippen LogP contribution in [-0.2, 0) is 6.42 Å². The van der Waals surface area contributed by atoms with Crippen LogP contribution in [0.5, 0.6) is 5.75 Å². The molecule has 6 nitrogen and oxygen atoms in total. The second-order valence-corrected chi connectivity index (χ2v) is 4.38. The van der Waals surface area contributed by atoms with Gasteiger partial charge < -0.3 is 16.2 Å². The van der Waals surface area contributed by atoms with Gasteiger partial charge in [0.1, 0.15) is 10.6 Å². The predicted octanol–water partition coefficient (Wildman–Crippen LogP) is 1.64. The number of hydrogen-bond acceptors (Lipinski definition) is 6. The molecule has 4 N–H and O–H groups in total. The number of carbonyl (C=O) groups excluding carboxylic acids is 1. The van der Waals surface area contributed by atoms with Gasteiger partial charge in [-0.05, 0) is 30.1 Å². The molecule has 0 aliphatic carbocycles. The summed E-state index contributed by atoms with van der Waals surface area (Å²) in [5.74, 6) is -0.238. The molecule has 1 heterocycles. The van der Waals surface area contributed by atoms with Crippen LogP contribution >= 0.6 is 11.5 Å². The molecule has 1 aromatic carbocycles. The van der Waals surface area contributed by atoms with E-state index in [1.807, 2.05) is 6.92 Å². The van der Waals surface area contributed by atoms with Crippen LogP contribution in [0.15, 0.2) is 18.2 Å². The van der Waals surface area contributed by atoms with Gasteiger partial charge in [-0.25, -0.2) is 0 Å². The summed E-state index contributed by atoms with van der Waals surface area (Å²) in [6.45, 7) is 1.91. The van der Waals surface area contributed by atoms with E-state index >= 15 is 0 Å². The summed E-state index contributed by atoms with van der Waals surface area (Å²) in [5, 5.41) is 15.8. The number of amides is 1. The topological polar surface area (TPSA) is 101 Å². The molecule has 0 aliphatic rings. The highest BCUT2D eigenvalue weighted by atomic mass is 32.1. The Labute approximate surface area is 108 Å². The minimum absolute atomic E-state index is 0.0548. The normalized spacial score (nSPS) is 10.3. The average Bonchev–Trinajstić information content (AvgIpc) is 2.81. The zero-order valence-corrected chi connectivity index (χ0v) is 10.5. The molecule has 0 radical (unpaired) electrons. The van der Waals surface area contributed by atoms with Crippen LogP contribution < -0.4 is 11.1 Å². The highest BCUT2D eigenvalue weighted by Crippen LogP contribution is 2.24. The molecule has 0 bridgehead atoms. The lowest BCUT2D eigenvalue weighted by Crippen LogP contribution is -2.13. The number of hydrogen-bond donors (Lipinski definition) is 3. The van der Waals surface area contributed by atoms with E-state index < -0.39 is 0 Å². The Balaban J connectivity index is 2.21. The van der Waals surface area contributed by atoms with E-state index in [1.165, 1.54) is 12.1 Å². The standard InChI is InChI=1S/C11H12N4O2S/c1-2-8-10(18-15-14-8)11(17)13-9-4-3-6(16)5-7(9)12/h3-5,16H,2,12H2,1H3,(H,13,17). The van der Waals surface area contributed by atoms with Gasteiger partial charge in [0.2, 0.25) is 0 Å². The van der Waals surface area contributed by atoms with Crippen molar-refractivity contribution >= 4 is 28.8 Å². The molecule has 0 atom stereocenters. The van der Waals surface area contributed by atoms with Gasteiger partial charge in [-0.3, -0.25) is 4.79 Å². The van der Waals surface area contributed by atoms with E-state index in [2.05, 4.69) is 14.9 Å². The number of benzene rings is 1. The minimum atomic E-state index is -0.292. The first kappa shape index (κ1) is 12.3. The molecule has 0 unspecified atom stereocenters. The number of aromatic nitrogens is 2. The molecule has 0 spiro atoms. The second-order valence-electron chi connectivity index (χ2n) is 3.63. The van der Waals surface area contributed by atoms with Crippen molar-refractivity contribution in [2.45, 2.75) is 13.3 Å². The highest BCUT2D eigenvalue weighted by Gasteiger charge is 2.15. The summed E-state index contributed by atoms with van der Waals surface area (Å²) in [5.41, 5.74) is 7.11. The molecular formula is C11H12N4O2S. The minimum Gasteiger partial charge on any atom is -0.508 e. The zero-order chi connectivity index (χ0) is 13.1. The number of aryl methyl sites for hydroxylation is 1. The van der Waals surface area contributed by atoms with Crippen LogP contribution in [0.1, 0.15) is 22.3 Å². The Kier molecular flexibility index (Phi) is 3.42. The van der Waals surface area contributed by atoms with Crippen molar-refractivity contribution in [2.24, 2.45) is 0 Å². The van der Waals surface area contributed by atoms with E-state index in [0.717, 1.165) is 11.5 Å². The average molecular weight is 264 g/mol. The van der Waals surface area contributed by atoms with Gasteiger partial charge in [0, 0.05) is 6.07 Å². The fourth-order valence-electron chi connectivity index (χ4n) is 1.46. The van der Waals surface area contributed by atoms with Gasteiger partial charge in [-0.2, -0.15) is 0 Å². The molecule has 18 heavy (non-hydrogen) atoms. The molecule has 0 fully saturated rings. The van der Waals surface area contributed by atoms with E-state index in [4.69, 9.17) is 5.73 Å². The Hall–Kier alpha value is -2.15. The summed E-state index contributed by atoms with van der Waals surface area (Å²) < 4.78 is 3.75. The first-order chi connectivity index (χ1) is 8.61. The number of anilines is 2. The van der Waals surface area contributed by atoms with Crippen molar-refractivity contribution in [2.75, 3.05) is 11.1 Å². The van der Waals surface area contributed by atoms with Crippen LogP contribution in [-0.4, -0.2) is 20.6 Å². The zero-order valence-electron chi connectivity index (χ0n) is 9.67. The van der Waals surface area contributed by atoms with Crippen molar-refractivity contribution < 1.29 is 9.90 Å². The van der Waals surface area contributed by atoms with Crippen LogP contribution in [0.3, 0.4) is 0 Å². The SMILES string of the molecule is CCc1nnsc1C(=O)Nc1ccc(O)cc1N. The van der Waals surface area contributed by atoms with Crippen molar-refractivity contribution in [3.63, 3.8) is 0 Å². The number of aromatic hydroxyl groups is 1. The van der Waals surface area contributed by atoms with Gasteiger partial charge in [0.25, 0.3) is 5.91 Å². The molecule has 1 aromatic heterocycles. The number of nitrogens with two attached hydrogens (primary N) is 1. The lowest BCUT2D eigenvalue weighted by molar-refractivity contribution is 0.102. The molecule has 7 heteroatoms. The third-order valence-corrected chi connectivity index (χ3v) is 3.15. The summed E-state index contributed by atoms with van der Waals surface area (Å²) in [4.78, 5) is 12.5. The molecule has 2 aromatic rings. The van der Waals surface area contributed by atoms with Gasteiger partial charge in [-0.15, -0.1) is 5.10 Å². The maximum Gasteiger partial charge on any atom is 0.269 e. The molecular weight excluding hydrogens is 252 g/mol. The maximum absolute atomic E-state index is 12.0. The van der Waals surface area contributed by atoms with Gasteiger partial charge in [-0.1, -0.05) is 11.4 Å². The monoisotopic (exact) mass is 264 g/mol. The Morgan fingerprint density at radius 2 is 2.33 bits per heavy atom. The quantitative estimate of drug-likeness (QED) is 0.578. The van der Waals surface area contributed by atoms with Crippen molar-refractivity contribution in [3.05, 3.63) is 28.8 Å². The number of phenols is 1. The smallest absolute Gasteiger partial charge is 0.269 e. The fourth-order valence-corrected chi connectivity index (χ4v) is 2.10. The Morgan fingerprint density at radius 1 is 1.56 bits per heavy atom. The van der Waals surface area contributed by atoms with Crippen molar-refractivity contribution in [1.82, 2.24) is 9.59 Å². The first-order valence-electron chi connectivity index (χ1n) is 5.33. The number of carbonyl (C=O) groups is 1. The maximum atomic E-state index is 12.0. The second kappa shape index (κ2) is 5.01. The van der Waals surface area contributed by atoms with Gasteiger partial charge >= 0.3 is 0 Å². The number of nitrogens with zero attached hydrogens (tertiary/aromatic N) is 2. The lowest BCUT2D eigenvalue weighted by Gasteiger charge is -2.07. The summed E-state index contributed by atoms with van der Waals surface area (Å²) >= 11 is 1.05. The van der Waals surface area contributed by atoms with Crippen molar-refractivity contribution in [1.29, 1.82) is 0 Å². The molecule has 0 saturated heterocycles. The summed E-state index contributed by atoms with van der Waals surface area (Å²) in [7, 11) is 0. The molecule has 94 valence electrons. The summed E-state index contributed by atoms with van der Waals surface area (Å²) in [6, 6.07) is 4.38. The lowest BCUT2D eigenvalue weighted by atomic mass is 10.2. The van der Waals surface area contributed by atoms with Gasteiger partial charge in [0.05, 0.1) is 17.1 Å². The number of phenolic OH excluding ortho intramolecular Hbond substituents is 1. The van der Waals surface area contributed by atoms with E-state index in [0.29, 0.717) is 28.4 Å². The molecule has 1 amide bonds. The molecule has 0 saturated carbocycles. The first-order valence-corrected chi connectivity index (χ1v) is 6.10. The van der Waals surface area contributed by atoms with Crippen LogP contribution in [0, 0.1) is 0 Å². The molecule has 0 aliphatic heterocycles. The van der Waals surface area contributed by atoms with Crippen LogP contribution in [0.2, 0.25) is 0 Å². The Morgan fingerprint density at radius 3 is 3.00 bits per heavy atom. The number of nitrogens with one attached hydrogen (secondary N) is 1. The van der Waals surface area contributed by atoms with Crippen molar-refractivity contribution in [3.8, 4) is 5.75 Å². The van der Waals surface area contributed by atoms with Crippen LogP contribution in [0.4, 0.5) is 11.4 Å². The Bertz CT molecular complexity index is 582. The molecule has 2 rings (SSSR count). The van der Waals surface area contributed by atoms with Crippen LogP contribution in [0.25, 0.3) is 0 Å². The largest absolute Gasteiger partial charge is 0.508 e. The number of nitrogen functional groups attached to an aromatic ring is 1. The predicted molar refractivity (Wildman–Crippen MR) is 69.8 cm³/mol. The van der Waals surface area contributed by atoms with E-state index in [1.54, 1.807) is 6.07 Å². The summed E-state index contributed by atoms with van der Waals surface area (Å²) in [6.07, 6.45) is 0.643. The third kappa shape index (κ3) is 2.40. The highest BCUT2D eigenvalue weighted by molar-refractivity contribution is 7.08. The fraction of sp³-hybridized carbons (Fsp3) is 0.182. The van der Waals surface area contributed by atoms with E-state index in [9.17, 15) is 9.90 Å².